The van der Waals surface area contributed by atoms with Crippen molar-refractivity contribution < 1.29 is 18.7 Å². The van der Waals surface area contributed by atoms with Crippen LogP contribution in [0.2, 0.25) is 0 Å². The topological polar surface area (TPSA) is 86.1 Å². The lowest BCUT2D eigenvalue weighted by molar-refractivity contribution is -0.113. The Balaban J connectivity index is 1.50. The molecule has 0 atom stereocenters. The monoisotopic (exact) mass is 500 g/mol. The van der Waals surface area contributed by atoms with E-state index in [-0.39, 0.29) is 17.5 Å². The standard InChI is InChI=1S/C24H25FN4O3S2/c1-3-13-29-21(15-9-11-16(25)12-10-15)27-28-24(29)33-14-19(30)26-22-20(23(31)32-2)17-7-5-4-6-8-18(17)34-22/h3,9-12H,1,4-8,13-14H2,2H3,(H,26,30). The maximum absolute atomic E-state index is 13.3. The lowest BCUT2D eigenvalue weighted by atomic mass is 10.1. The number of anilines is 1. The number of fused-ring (bicyclic) bond motifs is 1. The van der Waals surface area contributed by atoms with Crippen LogP contribution in [0.25, 0.3) is 11.4 Å². The quantitative estimate of drug-likeness (QED) is 0.200. The summed E-state index contributed by atoms with van der Waals surface area (Å²) >= 11 is 2.70. The van der Waals surface area contributed by atoms with Crippen LogP contribution in [0.4, 0.5) is 9.39 Å². The van der Waals surface area contributed by atoms with Gasteiger partial charge >= 0.3 is 5.97 Å². The number of halogens is 1. The Hall–Kier alpha value is -2.98. The molecule has 1 aliphatic rings. The number of hydrogen-bond acceptors (Lipinski definition) is 7. The zero-order valence-electron chi connectivity index (χ0n) is 18.8. The largest absolute Gasteiger partial charge is 0.465 e. The van der Waals surface area contributed by atoms with E-state index in [1.807, 2.05) is 4.57 Å². The highest BCUT2D eigenvalue weighted by Crippen LogP contribution is 2.38. The number of amides is 1. The number of carbonyl (C=O) groups excluding carboxylic acids is 2. The summed E-state index contributed by atoms with van der Waals surface area (Å²) in [6.07, 6.45) is 6.66. The Bertz CT molecular complexity index is 1200. The summed E-state index contributed by atoms with van der Waals surface area (Å²) in [4.78, 5) is 26.5. The molecule has 34 heavy (non-hydrogen) atoms. The van der Waals surface area contributed by atoms with Gasteiger partial charge in [0.25, 0.3) is 0 Å². The molecule has 10 heteroatoms. The molecule has 0 spiro atoms. The third kappa shape index (κ3) is 5.23. The molecule has 2 heterocycles. The number of thiophene rings is 1. The van der Waals surface area contributed by atoms with E-state index in [0.717, 1.165) is 48.1 Å². The highest BCUT2D eigenvalue weighted by atomic mass is 32.2. The number of aryl methyl sites for hydroxylation is 1. The number of nitrogens with one attached hydrogen (secondary N) is 1. The highest BCUT2D eigenvalue weighted by Gasteiger charge is 2.26. The molecule has 0 fully saturated rings. The molecule has 1 aromatic carbocycles. The minimum atomic E-state index is -0.419. The van der Waals surface area contributed by atoms with Crippen LogP contribution in [0, 0.1) is 5.82 Å². The summed E-state index contributed by atoms with van der Waals surface area (Å²) in [5.41, 5.74) is 2.21. The molecular weight excluding hydrogens is 475 g/mol. The Kier molecular flexibility index (Phi) is 7.79. The van der Waals surface area contributed by atoms with Gasteiger partial charge in [0.1, 0.15) is 10.8 Å². The number of nitrogens with zero attached hydrogens (tertiary/aromatic N) is 3. The zero-order valence-corrected chi connectivity index (χ0v) is 20.4. The van der Waals surface area contributed by atoms with Crippen molar-refractivity contribution in [3.8, 4) is 11.4 Å². The van der Waals surface area contributed by atoms with E-state index >= 15 is 0 Å². The number of carbonyl (C=O) groups is 2. The lowest BCUT2D eigenvalue weighted by Gasteiger charge is -2.09. The predicted molar refractivity (Wildman–Crippen MR) is 132 cm³/mol. The van der Waals surface area contributed by atoms with E-state index in [4.69, 9.17) is 4.74 Å². The van der Waals surface area contributed by atoms with Crippen LogP contribution >= 0.6 is 23.1 Å². The fraction of sp³-hybridized carbons (Fsp3) is 0.333. The molecule has 0 bridgehead atoms. The third-order valence-electron chi connectivity index (χ3n) is 5.53. The van der Waals surface area contributed by atoms with E-state index in [0.29, 0.717) is 28.1 Å². The predicted octanol–water partition coefficient (Wildman–Crippen LogP) is 5.12. The number of esters is 1. The normalized spacial score (nSPS) is 13.1. The van der Waals surface area contributed by atoms with Crippen LogP contribution in [-0.4, -0.2) is 39.5 Å². The molecule has 0 radical (unpaired) electrons. The molecule has 0 saturated carbocycles. The second-order valence-corrected chi connectivity index (χ2v) is 9.86. The first kappa shape index (κ1) is 24.2. The second kappa shape index (κ2) is 11.0. The van der Waals surface area contributed by atoms with Gasteiger partial charge in [-0.1, -0.05) is 24.3 Å². The first-order valence-electron chi connectivity index (χ1n) is 11.0. The van der Waals surface area contributed by atoms with Crippen LogP contribution in [0.1, 0.15) is 40.1 Å². The first-order chi connectivity index (χ1) is 16.5. The van der Waals surface area contributed by atoms with Crippen LogP contribution in [0.15, 0.2) is 42.1 Å². The fourth-order valence-electron chi connectivity index (χ4n) is 3.94. The molecule has 178 valence electrons. The summed E-state index contributed by atoms with van der Waals surface area (Å²) in [6.45, 7) is 4.22. The molecule has 3 aromatic rings. The summed E-state index contributed by atoms with van der Waals surface area (Å²) in [5, 5.41) is 12.4. The minimum Gasteiger partial charge on any atom is -0.465 e. The summed E-state index contributed by atoms with van der Waals surface area (Å²) in [5.74, 6) is -0.345. The Morgan fingerprint density at radius 3 is 2.74 bits per heavy atom. The van der Waals surface area contributed by atoms with Gasteiger partial charge in [0.2, 0.25) is 5.91 Å². The van der Waals surface area contributed by atoms with Gasteiger partial charge in [-0.2, -0.15) is 0 Å². The van der Waals surface area contributed by atoms with Crippen LogP contribution in [-0.2, 0) is 28.9 Å². The van der Waals surface area contributed by atoms with Crippen molar-refractivity contribution >= 4 is 40.0 Å². The molecule has 2 aromatic heterocycles. The third-order valence-corrected chi connectivity index (χ3v) is 7.70. The van der Waals surface area contributed by atoms with E-state index in [9.17, 15) is 14.0 Å². The first-order valence-corrected chi connectivity index (χ1v) is 12.8. The van der Waals surface area contributed by atoms with Crippen LogP contribution in [0.3, 0.4) is 0 Å². The van der Waals surface area contributed by atoms with E-state index in [1.54, 1.807) is 18.2 Å². The summed E-state index contributed by atoms with van der Waals surface area (Å²) in [7, 11) is 1.36. The molecule has 0 saturated heterocycles. The number of thioether (sulfide) groups is 1. The van der Waals surface area contributed by atoms with Gasteiger partial charge in [0.05, 0.1) is 18.4 Å². The van der Waals surface area contributed by atoms with Gasteiger partial charge in [0, 0.05) is 17.0 Å². The average molecular weight is 501 g/mol. The van der Waals surface area contributed by atoms with Crippen LogP contribution in [0.5, 0.6) is 0 Å². The van der Waals surface area contributed by atoms with E-state index in [2.05, 4.69) is 22.1 Å². The van der Waals surface area contributed by atoms with Gasteiger partial charge in [-0.15, -0.1) is 28.1 Å². The van der Waals surface area contributed by atoms with E-state index in [1.165, 1.54) is 42.3 Å². The maximum atomic E-state index is 13.3. The summed E-state index contributed by atoms with van der Waals surface area (Å²) < 4.78 is 20.1. The Labute approximate surface area is 205 Å². The van der Waals surface area contributed by atoms with E-state index < -0.39 is 5.97 Å². The number of ether oxygens (including phenoxy) is 1. The van der Waals surface area contributed by atoms with Gasteiger partial charge in [-0.3, -0.25) is 9.36 Å². The molecular formula is C24H25FN4O3S2. The van der Waals surface area contributed by atoms with Crippen molar-refractivity contribution in [1.29, 1.82) is 0 Å². The molecule has 1 amide bonds. The van der Waals surface area contributed by atoms with Gasteiger partial charge in [0.15, 0.2) is 11.0 Å². The second-order valence-electron chi connectivity index (χ2n) is 7.81. The Morgan fingerprint density at radius 2 is 2.00 bits per heavy atom. The number of allylic oxidation sites excluding steroid dienone is 1. The SMILES string of the molecule is C=CCn1c(SCC(=O)Nc2sc3c(c2C(=O)OC)CCCCC3)nnc1-c1ccc(F)cc1. The smallest absolute Gasteiger partial charge is 0.341 e. The molecule has 1 N–H and O–H groups in total. The van der Waals surface area contributed by atoms with Gasteiger partial charge in [-0.05, 0) is 55.5 Å². The fourth-order valence-corrected chi connectivity index (χ4v) is 5.98. The van der Waals surface area contributed by atoms with Gasteiger partial charge < -0.3 is 10.1 Å². The van der Waals surface area contributed by atoms with Crippen molar-refractivity contribution in [2.75, 3.05) is 18.2 Å². The van der Waals surface area contributed by atoms with Crippen LogP contribution < -0.4 is 5.32 Å². The number of benzene rings is 1. The molecule has 7 nitrogen and oxygen atoms in total. The number of hydrogen-bond donors (Lipinski definition) is 1. The highest BCUT2D eigenvalue weighted by molar-refractivity contribution is 7.99. The molecule has 1 aliphatic carbocycles. The van der Waals surface area contributed by atoms with Crippen molar-refractivity contribution in [2.24, 2.45) is 0 Å². The van der Waals surface area contributed by atoms with Crippen molar-refractivity contribution in [3.63, 3.8) is 0 Å². The Morgan fingerprint density at radius 1 is 1.24 bits per heavy atom. The van der Waals surface area contributed by atoms with Crippen molar-refractivity contribution in [2.45, 2.75) is 43.8 Å². The number of methoxy groups -OCH3 is 1. The number of rotatable bonds is 8. The van der Waals surface area contributed by atoms with Crippen molar-refractivity contribution in [3.05, 3.63) is 58.7 Å². The van der Waals surface area contributed by atoms with Gasteiger partial charge in [-0.25, -0.2) is 9.18 Å². The summed E-state index contributed by atoms with van der Waals surface area (Å²) in [6, 6.07) is 6.00. The molecule has 0 unspecified atom stereocenters. The number of aromatic nitrogens is 3. The average Bonchev–Trinajstić information content (AvgIpc) is 3.30. The zero-order chi connectivity index (χ0) is 24.1. The maximum Gasteiger partial charge on any atom is 0.341 e. The lowest BCUT2D eigenvalue weighted by Crippen LogP contribution is -2.16. The molecule has 4 rings (SSSR count). The minimum absolute atomic E-state index is 0.0852. The van der Waals surface area contributed by atoms with Crippen molar-refractivity contribution in [1.82, 2.24) is 14.8 Å². The molecule has 0 aliphatic heterocycles.